The van der Waals surface area contributed by atoms with Gasteiger partial charge in [0.2, 0.25) is 5.89 Å². The molecule has 2 N–H and O–H groups in total. The zero-order valence-corrected chi connectivity index (χ0v) is 7.93. The largest absolute Gasteiger partial charge is 0.435 e. The normalized spacial score (nSPS) is 10.7. The van der Waals surface area contributed by atoms with E-state index in [4.69, 9.17) is 10.2 Å². The van der Waals surface area contributed by atoms with Gasteiger partial charge < -0.3 is 14.9 Å². The highest BCUT2D eigenvalue weighted by atomic mass is 19.3. The van der Waals surface area contributed by atoms with Crippen LogP contribution in [0.25, 0.3) is 11.5 Å². The quantitative estimate of drug-likeness (QED) is 0.866. The summed E-state index contributed by atoms with van der Waals surface area (Å²) in [5.74, 6) is 0.168. The van der Waals surface area contributed by atoms with Crippen LogP contribution in [-0.4, -0.2) is 16.8 Å². The molecule has 2 rings (SSSR count). The Balaban J connectivity index is 2.28. The highest BCUT2D eigenvalue weighted by Crippen LogP contribution is 2.24. The maximum absolute atomic E-state index is 12.0. The van der Waals surface area contributed by atoms with Crippen molar-refractivity contribution in [2.75, 3.05) is 5.73 Å². The summed E-state index contributed by atoms with van der Waals surface area (Å²) in [5.41, 5.74) is 5.70. The minimum Gasteiger partial charge on any atom is -0.435 e. The van der Waals surface area contributed by atoms with Crippen LogP contribution in [0.1, 0.15) is 0 Å². The molecule has 1 heterocycles. The van der Waals surface area contributed by atoms with Crippen molar-refractivity contribution in [3.63, 3.8) is 0 Å². The van der Waals surface area contributed by atoms with Crippen LogP contribution in [0.2, 0.25) is 0 Å². The molecule has 0 aliphatic carbocycles. The highest BCUT2D eigenvalue weighted by molar-refractivity contribution is 5.55. The molecule has 1 aromatic carbocycles. The average Bonchev–Trinajstić information content (AvgIpc) is 2.64. The fourth-order valence-electron chi connectivity index (χ4n) is 1.16. The molecule has 16 heavy (non-hydrogen) atoms. The summed E-state index contributed by atoms with van der Waals surface area (Å²) < 4.78 is 33.1. The van der Waals surface area contributed by atoms with E-state index in [9.17, 15) is 8.78 Å². The molecule has 0 aliphatic heterocycles. The van der Waals surface area contributed by atoms with Crippen LogP contribution >= 0.6 is 0 Å². The van der Waals surface area contributed by atoms with Crippen molar-refractivity contribution in [3.05, 3.63) is 24.3 Å². The molecule has 0 atom stereocenters. The molecule has 0 aliphatic rings. The second-order valence-electron chi connectivity index (χ2n) is 2.85. The molecule has 0 saturated heterocycles. The Labute approximate surface area is 88.8 Å². The van der Waals surface area contributed by atoms with Crippen LogP contribution < -0.4 is 10.5 Å². The maximum Gasteiger partial charge on any atom is 0.387 e. The lowest BCUT2D eigenvalue weighted by atomic mass is 10.2. The number of ether oxygens (including phenoxy) is 1. The van der Waals surface area contributed by atoms with Crippen molar-refractivity contribution in [2.24, 2.45) is 0 Å². The fraction of sp³-hybridized carbons (Fsp3) is 0.111. The van der Waals surface area contributed by atoms with Gasteiger partial charge in [0.15, 0.2) is 0 Å². The number of alkyl halides is 2. The van der Waals surface area contributed by atoms with E-state index >= 15 is 0 Å². The highest BCUT2D eigenvalue weighted by Gasteiger charge is 2.09. The number of rotatable bonds is 3. The molecule has 84 valence electrons. The summed E-state index contributed by atoms with van der Waals surface area (Å²) in [4.78, 5) is 0. The first-order valence-electron chi connectivity index (χ1n) is 4.29. The van der Waals surface area contributed by atoms with Crippen molar-refractivity contribution < 1.29 is 17.9 Å². The Hall–Kier alpha value is -2.18. The van der Waals surface area contributed by atoms with E-state index in [2.05, 4.69) is 14.9 Å². The van der Waals surface area contributed by atoms with Crippen molar-refractivity contribution >= 4 is 6.01 Å². The molecule has 2 aromatic rings. The lowest BCUT2D eigenvalue weighted by Crippen LogP contribution is -2.01. The third-order valence-electron chi connectivity index (χ3n) is 1.75. The van der Waals surface area contributed by atoms with Crippen LogP contribution in [0.5, 0.6) is 5.75 Å². The molecule has 0 unspecified atom stereocenters. The summed E-state index contributed by atoms with van der Waals surface area (Å²) in [6.07, 6.45) is 0. The Morgan fingerprint density at radius 3 is 2.75 bits per heavy atom. The first-order valence-corrected chi connectivity index (χ1v) is 4.29. The molecule has 0 bridgehead atoms. The van der Waals surface area contributed by atoms with Crippen molar-refractivity contribution in [3.8, 4) is 17.2 Å². The molecule has 0 saturated carbocycles. The number of nitrogens with zero attached hydrogens (tertiary/aromatic N) is 2. The standard InChI is InChI=1S/C9H7F2N3O2/c10-8(11)15-6-3-1-2-5(4-6)7-13-14-9(12)16-7/h1-4,8H,(H2,12,14). The first-order chi connectivity index (χ1) is 7.65. The summed E-state index contributed by atoms with van der Waals surface area (Å²) in [6, 6.07) is 5.82. The second-order valence-corrected chi connectivity index (χ2v) is 2.85. The van der Waals surface area contributed by atoms with Crippen LogP contribution in [-0.2, 0) is 0 Å². The third kappa shape index (κ3) is 2.25. The van der Waals surface area contributed by atoms with Gasteiger partial charge in [-0.1, -0.05) is 11.2 Å². The van der Waals surface area contributed by atoms with Gasteiger partial charge in [0.25, 0.3) is 0 Å². The van der Waals surface area contributed by atoms with Crippen LogP contribution in [0, 0.1) is 0 Å². The zero-order chi connectivity index (χ0) is 11.5. The number of hydrogen-bond donors (Lipinski definition) is 1. The third-order valence-corrected chi connectivity index (χ3v) is 1.75. The molecule has 0 radical (unpaired) electrons. The van der Waals surface area contributed by atoms with Gasteiger partial charge in [0.05, 0.1) is 0 Å². The van der Waals surface area contributed by atoms with E-state index < -0.39 is 6.61 Å². The molecule has 1 aromatic heterocycles. The number of nitrogen functional groups attached to an aromatic ring is 1. The van der Waals surface area contributed by atoms with Gasteiger partial charge in [0.1, 0.15) is 5.75 Å². The van der Waals surface area contributed by atoms with Gasteiger partial charge in [-0.15, -0.1) is 5.10 Å². The minimum atomic E-state index is -2.87. The van der Waals surface area contributed by atoms with Crippen molar-refractivity contribution in [1.82, 2.24) is 10.2 Å². The number of anilines is 1. The van der Waals surface area contributed by atoms with Gasteiger partial charge in [0, 0.05) is 5.56 Å². The van der Waals surface area contributed by atoms with Gasteiger partial charge >= 0.3 is 12.6 Å². The first kappa shape index (κ1) is 10.3. The lowest BCUT2D eigenvalue weighted by Gasteiger charge is -2.04. The smallest absolute Gasteiger partial charge is 0.387 e. The Kier molecular flexibility index (Phi) is 2.67. The predicted molar refractivity (Wildman–Crippen MR) is 50.8 cm³/mol. The molecule has 0 spiro atoms. The van der Waals surface area contributed by atoms with E-state index in [1.54, 1.807) is 6.07 Å². The number of hydrogen-bond acceptors (Lipinski definition) is 5. The second kappa shape index (κ2) is 4.13. The van der Waals surface area contributed by atoms with Crippen LogP contribution in [0.15, 0.2) is 28.7 Å². The number of aromatic nitrogens is 2. The topological polar surface area (TPSA) is 74.2 Å². The molecular formula is C9H7F2N3O2. The average molecular weight is 227 g/mol. The minimum absolute atomic E-state index is 0.0178. The Bertz CT molecular complexity index is 487. The van der Waals surface area contributed by atoms with Crippen molar-refractivity contribution in [2.45, 2.75) is 6.61 Å². The van der Waals surface area contributed by atoms with E-state index in [1.807, 2.05) is 0 Å². The van der Waals surface area contributed by atoms with Gasteiger partial charge in [-0.25, -0.2) is 0 Å². The molecular weight excluding hydrogens is 220 g/mol. The molecule has 5 nitrogen and oxygen atoms in total. The van der Waals surface area contributed by atoms with E-state index in [0.29, 0.717) is 5.56 Å². The summed E-state index contributed by atoms with van der Waals surface area (Å²) in [5, 5.41) is 7.08. The lowest BCUT2D eigenvalue weighted by molar-refractivity contribution is -0.0498. The summed E-state index contributed by atoms with van der Waals surface area (Å²) in [7, 11) is 0. The predicted octanol–water partition coefficient (Wildman–Crippen LogP) is 1.92. The number of halogens is 2. The van der Waals surface area contributed by atoms with Crippen LogP contribution in [0.3, 0.4) is 0 Å². The molecule has 7 heteroatoms. The van der Waals surface area contributed by atoms with E-state index in [-0.39, 0.29) is 17.7 Å². The van der Waals surface area contributed by atoms with Crippen LogP contribution in [0.4, 0.5) is 14.8 Å². The number of nitrogens with two attached hydrogens (primary N) is 1. The van der Waals surface area contributed by atoms with E-state index in [0.717, 1.165) is 0 Å². The zero-order valence-electron chi connectivity index (χ0n) is 7.93. The van der Waals surface area contributed by atoms with Gasteiger partial charge in [-0.05, 0) is 18.2 Å². The fourth-order valence-corrected chi connectivity index (χ4v) is 1.16. The van der Waals surface area contributed by atoms with E-state index in [1.165, 1.54) is 18.2 Å². The summed E-state index contributed by atoms with van der Waals surface area (Å²) >= 11 is 0. The monoisotopic (exact) mass is 227 g/mol. The van der Waals surface area contributed by atoms with Gasteiger partial charge in [-0.3, -0.25) is 0 Å². The Morgan fingerprint density at radius 2 is 2.12 bits per heavy atom. The molecule has 0 fully saturated rings. The molecule has 0 amide bonds. The van der Waals surface area contributed by atoms with Crippen molar-refractivity contribution in [1.29, 1.82) is 0 Å². The summed E-state index contributed by atoms with van der Waals surface area (Å²) in [6.45, 7) is -2.87. The SMILES string of the molecule is Nc1nnc(-c2cccc(OC(F)F)c2)o1. The number of benzene rings is 1. The Morgan fingerprint density at radius 1 is 1.31 bits per heavy atom. The maximum atomic E-state index is 12.0. The van der Waals surface area contributed by atoms with Gasteiger partial charge in [-0.2, -0.15) is 8.78 Å².